The Balaban J connectivity index is 0.000000201. The SMILES string of the molecule is N[C@@H]1CN(C(=O)OCc2ccccc2)CC[C@@H]1F.N[C@H]1CN(C(=O)OCc2ccccc2)CC[C@H]1F. The summed E-state index contributed by atoms with van der Waals surface area (Å²) in [6, 6.07) is 17.6. The third kappa shape index (κ3) is 8.46. The predicted octanol–water partition coefficient (Wildman–Crippen LogP) is 3.39. The molecule has 10 heteroatoms. The summed E-state index contributed by atoms with van der Waals surface area (Å²) >= 11 is 0. The highest BCUT2D eigenvalue weighted by atomic mass is 19.1. The molecule has 0 aromatic heterocycles. The van der Waals surface area contributed by atoms with Gasteiger partial charge in [-0.15, -0.1) is 0 Å². The van der Waals surface area contributed by atoms with Gasteiger partial charge >= 0.3 is 12.2 Å². The summed E-state index contributed by atoms with van der Waals surface area (Å²) in [5.74, 6) is 0. The molecular formula is C26H34F2N4O4. The molecule has 2 aliphatic heterocycles. The second kappa shape index (κ2) is 13.7. The first-order chi connectivity index (χ1) is 17.3. The van der Waals surface area contributed by atoms with Crippen molar-refractivity contribution in [3.8, 4) is 0 Å². The lowest BCUT2D eigenvalue weighted by atomic mass is 10.1. The highest BCUT2D eigenvalue weighted by Gasteiger charge is 2.30. The van der Waals surface area contributed by atoms with E-state index in [9.17, 15) is 18.4 Å². The van der Waals surface area contributed by atoms with Crippen LogP contribution in [0.5, 0.6) is 0 Å². The van der Waals surface area contributed by atoms with Crippen molar-refractivity contribution < 1.29 is 27.8 Å². The van der Waals surface area contributed by atoms with E-state index in [1.54, 1.807) is 0 Å². The maximum Gasteiger partial charge on any atom is 0.410 e. The highest BCUT2D eigenvalue weighted by molar-refractivity contribution is 5.68. The minimum absolute atomic E-state index is 0.217. The Kier molecular flexibility index (Phi) is 10.4. The van der Waals surface area contributed by atoms with Crippen LogP contribution < -0.4 is 11.5 Å². The van der Waals surface area contributed by atoms with Crippen molar-refractivity contribution in [1.82, 2.24) is 9.80 Å². The van der Waals surface area contributed by atoms with Crippen LogP contribution in [0.4, 0.5) is 18.4 Å². The fraction of sp³-hybridized carbons (Fsp3) is 0.462. The average molecular weight is 505 g/mol. The molecular weight excluding hydrogens is 470 g/mol. The van der Waals surface area contributed by atoms with Crippen LogP contribution >= 0.6 is 0 Å². The summed E-state index contributed by atoms with van der Waals surface area (Å²) in [5, 5.41) is 0. The monoisotopic (exact) mass is 504 g/mol. The number of hydrogen-bond donors (Lipinski definition) is 2. The van der Waals surface area contributed by atoms with Crippen molar-refractivity contribution >= 4 is 12.2 Å². The van der Waals surface area contributed by atoms with Gasteiger partial charge in [0.2, 0.25) is 0 Å². The molecule has 4 N–H and O–H groups in total. The molecule has 0 aliphatic carbocycles. The minimum Gasteiger partial charge on any atom is -0.445 e. The maximum atomic E-state index is 13.2. The number of ether oxygens (including phenoxy) is 2. The van der Waals surface area contributed by atoms with Crippen LogP contribution in [-0.4, -0.2) is 72.6 Å². The number of amides is 2. The van der Waals surface area contributed by atoms with E-state index in [-0.39, 0.29) is 39.1 Å². The van der Waals surface area contributed by atoms with Gasteiger partial charge in [-0.1, -0.05) is 60.7 Å². The van der Waals surface area contributed by atoms with E-state index < -0.39 is 36.6 Å². The molecule has 0 radical (unpaired) electrons. The van der Waals surface area contributed by atoms with Crippen LogP contribution in [0.2, 0.25) is 0 Å². The van der Waals surface area contributed by atoms with Gasteiger partial charge in [-0.25, -0.2) is 18.4 Å². The summed E-state index contributed by atoms with van der Waals surface area (Å²) in [4.78, 5) is 26.4. The van der Waals surface area contributed by atoms with Gasteiger partial charge in [0.25, 0.3) is 0 Å². The molecule has 2 aromatic carbocycles. The number of piperidine rings is 2. The first-order valence-electron chi connectivity index (χ1n) is 12.0. The van der Waals surface area contributed by atoms with E-state index in [4.69, 9.17) is 20.9 Å². The molecule has 36 heavy (non-hydrogen) atoms. The molecule has 2 heterocycles. The number of hydrogen-bond acceptors (Lipinski definition) is 6. The topological polar surface area (TPSA) is 111 Å². The Bertz CT molecular complexity index is 876. The highest BCUT2D eigenvalue weighted by Crippen LogP contribution is 2.15. The Morgan fingerprint density at radius 3 is 1.42 bits per heavy atom. The smallest absolute Gasteiger partial charge is 0.410 e. The van der Waals surface area contributed by atoms with Crippen LogP contribution in [-0.2, 0) is 22.7 Å². The second-order valence-corrected chi connectivity index (χ2v) is 8.91. The van der Waals surface area contributed by atoms with E-state index in [1.165, 1.54) is 9.80 Å². The summed E-state index contributed by atoms with van der Waals surface area (Å²) < 4.78 is 36.6. The molecule has 0 bridgehead atoms. The normalized spacial score (nSPS) is 23.8. The molecule has 2 fully saturated rings. The van der Waals surface area contributed by atoms with E-state index in [2.05, 4.69) is 0 Å². The van der Waals surface area contributed by atoms with Crippen LogP contribution in [0.3, 0.4) is 0 Å². The predicted molar refractivity (Wildman–Crippen MR) is 131 cm³/mol. The Labute approximate surface area is 210 Å². The largest absolute Gasteiger partial charge is 0.445 e. The molecule has 2 saturated heterocycles. The number of nitrogens with zero attached hydrogens (tertiary/aromatic N) is 2. The molecule has 2 aliphatic rings. The molecule has 8 nitrogen and oxygen atoms in total. The lowest BCUT2D eigenvalue weighted by molar-refractivity contribution is 0.0696. The van der Waals surface area contributed by atoms with E-state index in [0.717, 1.165) is 11.1 Å². The molecule has 0 unspecified atom stereocenters. The van der Waals surface area contributed by atoms with Gasteiger partial charge in [0.1, 0.15) is 25.6 Å². The fourth-order valence-corrected chi connectivity index (χ4v) is 3.86. The van der Waals surface area contributed by atoms with E-state index in [1.807, 2.05) is 60.7 Å². The lowest BCUT2D eigenvalue weighted by Crippen LogP contribution is -2.51. The van der Waals surface area contributed by atoms with Gasteiger partial charge in [-0.3, -0.25) is 0 Å². The summed E-state index contributed by atoms with van der Waals surface area (Å²) in [5.41, 5.74) is 13.0. The van der Waals surface area contributed by atoms with Crippen LogP contribution in [0.1, 0.15) is 24.0 Å². The number of carbonyl (C=O) groups excluding carboxylic acids is 2. The van der Waals surface area contributed by atoms with Crippen molar-refractivity contribution in [2.24, 2.45) is 11.5 Å². The summed E-state index contributed by atoms with van der Waals surface area (Å²) in [7, 11) is 0. The summed E-state index contributed by atoms with van der Waals surface area (Å²) in [6.07, 6.45) is -2.35. The molecule has 2 aromatic rings. The Morgan fingerprint density at radius 1 is 0.722 bits per heavy atom. The Morgan fingerprint density at radius 2 is 1.08 bits per heavy atom. The number of benzene rings is 2. The molecule has 0 spiro atoms. The number of likely N-dealkylation sites (tertiary alicyclic amines) is 2. The zero-order chi connectivity index (χ0) is 25.9. The van der Waals surface area contributed by atoms with Crippen LogP contribution in [0.25, 0.3) is 0 Å². The third-order valence-electron chi connectivity index (χ3n) is 6.07. The number of halogens is 2. The fourth-order valence-electron chi connectivity index (χ4n) is 3.86. The average Bonchev–Trinajstić information content (AvgIpc) is 2.90. The first-order valence-corrected chi connectivity index (χ1v) is 12.0. The van der Waals surface area contributed by atoms with Gasteiger partial charge in [0.05, 0.1) is 12.1 Å². The number of carbonyl (C=O) groups is 2. The quantitative estimate of drug-likeness (QED) is 0.660. The minimum atomic E-state index is -1.02. The molecule has 196 valence electrons. The molecule has 2 amide bonds. The zero-order valence-electron chi connectivity index (χ0n) is 20.2. The van der Waals surface area contributed by atoms with Crippen molar-refractivity contribution in [2.75, 3.05) is 26.2 Å². The number of alkyl halides is 2. The molecule has 4 rings (SSSR count). The van der Waals surface area contributed by atoms with Gasteiger partial charge < -0.3 is 30.7 Å². The molecule has 0 saturated carbocycles. The van der Waals surface area contributed by atoms with Gasteiger partial charge in [-0.2, -0.15) is 0 Å². The van der Waals surface area contributed by atoms with Gasteiger partial charge in [0.15, 0.2) is 0 Å². The second-order valence-electron chi connectivity index (χ2n) is 8.91. The van der Waals surface area contributed by atoms with Crippen LogP contribution in [0.15, 0.2) is 60.7 Å². The van der Waals surface area contributed by atoms with Gasteiger partial charge in [-0.05, 0) is 24.0 Å². The Hall–Kier alpha value is -3.24. The summed E-state index contributed by atoms with van der Waals surface area (Å²) in [6.45, 7) is 1.61. The molecule has 4 atom stereocenters. The van der Waals surface area contributed by atoms with E-state index in [0.29, 0.717) is 13.1 Å². The zero-order valence-corrected chi connectivity index (χ0v) is 20.2. The lowest BCUT2D eigenvalue weighted by Gasteiger charge is -2.32. The van der Waals surface area contributed by atoms with Crippen molar-refractivity contribution in [1.29, 1.82) is 0 Å². The van der Waals surface area contributed by atoms with Crippen molar-refractivity contribution in [3.05, 3.63) is 71.8 Å². The number of rotatable bonds is 4. The van der Waals surface area contributed by atoms with Crippen molar-refractivity contribution in [3.63, 3.8) is 0 Å². The van der Waals surface area contributed by atoms with Crippen molar-refractivity contribution in [2.45, 2.75) is 50.5 Å². The van der Waals surface area contributed by atoms with Gasteiger partial charge in [0, 0.05) is 26.2 Å². The first kappa shape index (κ1) is 27.3. The standard InChI is InChI=1S/2C13H17FN2O2/c2*14-11-6-7-16(8-12(11)15)13(17)18-9-10-4-2-1-3-5-10/h2*1-5,11-12H,6-9,15H2/t2*11-,12+/m10/s1. The third-order valence-corrected chi connectivity index (χ3v) is 6.07. The number of nitrogens with two attached hydrogens (primary N) is 2. The van der Waals surface area contributed by atoms with Crippen LogP contribution in [0, 0.1) is 0 Å². The maximum absolute atomic E-state index is 13.2. The van der Waals surface area contributed by atoms with E-state index >= 15 is 0 Å².